The summed E-state index contributed by atoms with van der Waals surface area (Å²) in [6.07, 6.45) is 5.08. The summed E-state index contributed by atoms with van der Waals surface area (Å²) in [6, 6.07) is 1.58. The fraction of sp³-hybridized carbons (Fsp3) is 0.600. The number of aromatic amines is 1. The Kier molecular flexibility index (Phi) is 5.00. The van der Waals surface area contributed by atoms with Crippen molar-refractivity contribution in [3.8, 4) is 0 Å². The maximum Gasteiger partial charge on any atom is 0.252 e. The number of thioether (sulfide) groups is 1. The zero-order chi connectivity index (χ0) is 16.2. The van der Waals surface area contributed by atoms with Gasteiger partial charge in [0.1, 0.15) is 0 Å². The zero-order valence-electron chi connectivity index (χ0n) is 13.2. The molecule has 0 saturated carbocycles. The molecule has 0 atom stereocenters. The SMILES string of the molecule is CCCc1cc(=O)[nH]c2nnc(SCC(=O)N3CCCCC3)n12. The number of aryl methyl sites for hydroxylation is 1. The van der Waals surface area contributed by atoms with Gasteiger partial charge in [-0.1, -0.05) is 25.1 Å². The predicted octanol–water partition coefficient (Wildman–Crippen LogP) is 1.47. The molecule has 1 N–H and O–H groups in total. The number of likely N-dealkylation sites (tertiary alicyclic amines) is 1. The Bertz CT molecular complexity index is 748. The minimum Gasteiger partial charge on any atom is -0.342 e. The molecule has 7 nitrogen and oxygen atoms in total. The van der Waals surface area contributed by atoms with E-state index in [1.165, 1.54) is 18.2 Å². The summed E-state index contributed by atoms with van der Waals surface area (Å²) in [5.74, 6) is 0.938. The van der Waals surface area contributed by atoms with Crippen LogP contribution >= 0.6 is 11.8 Å². The first kappa shape index (κ1) is 16.0. The van der Waals surface area contributed by atoms with Gasteiger partial charge < -0.3 is 4.90 Å². The van der Waals surface area contributed by atoms with E-state index < -0.39 is 0 Å². The Hall–Kier alpha value is -1.83. The molecule has 1 aliphatic rings. The Morgan fingerprint density at radius 3 is 2.83 bits per heavy atom. The third-order valence-electron chi connectivity index (χ3n) is 3.99. The van der Waals surface area contributed by atoms with Crippen molar-refractivity contribution in [1.82, 2.24) is 24.5 Å². The van der Waals surface area contributed by atoms with Crippen molar-refractivity contribution < 1.29 is 4.79 Å². The smallest absolute Gasteiger partial charge is 0.252 e. The van der Waals surface area contributed by atoms with Crippen LogP contribution in [0.15, 0.2) is 16.0 Å². The van der Waals surface area contributed by atoms with Crippen molar-refractivity contribution in [3.05, 3.63) is 22.1 Å². The summed E-state index contributed by atoms with van der Waals surface area (Å²) in [6.45, 7) is 3.77. The minimum atomic E-state index is -0.172. The van der Waals surface area contributed by atoms with Crippen molar-refractivity contribution in [2.75, 3.05) is 18.8 Å². The molecule has 0 aliphatic carbocycles. The van der Waals surface area contributed by atoms with E-state index in [1.54, 1.807) is 6.07 Å². The van der Waals surface area contributed by atoms with Gasteiger partial charge in [0.25, 0.3) is 5.56 Å². The number of nitrogens with zero attached hydrogens (tertiary/aromatic N) is 4. The van der Waals surface area contributed by atoms with Gasteiger partial charge in [-0.15, -0.1) is 10.2 Å². The molecule has 0 bridgehead atoms. The number of piperidine rings is 1. The second kappa shape index (κ2) is 7.16. The first-order valence-electron chi connectivity index (χ1n) is 8.07. The molecule has 0 spiro atoms. The molecule has 3 rings (SSSR count). The van der Waals surface area contributed by atoms with Crippen LogP contribution in [0.1, 0.15) is 38.3 Å². The Morgan fingerprint density at radius 1 is 1.30 bits per heavy atom. The number of nitrogens with one attached hydrogen (secondary N) is 1. The van der Waals surface area contributed by atoms with Crippen molar-refractivity contribution in [3.63, 3.8) is 0 Å². The van der Waals surface area contributed by atoms with Gasteiger partial charge in [-0.25, -0.2) is 0 Å². The summed E-state index contributed by atoms with van der Waals surface area (Å²) >= 11 is 1.38. The van der Waals surface area contributed by atoms with Gasteiger partial charge in [-0.05, 0) is 25.7 Å². The van der Waals surface area contributed by atoms with Crippen LogP contribution in [-0.4, -0.2) is 49.2 Å². The zero-order valence-corrected chi connectivity index (χ0v) is 14.1. The monoisotopic (exact) mass is 335 g/mol. The van der Waals surface area contributed by atoms with Crippen molar-refractivity contribution >= 4 is 23.4 Å². The Balaban J connectivity index is 1.77. The number of hydrogen-bond acceptors (Lipinski definition) is 5. The number of hydrogen-bond donors (Lipinski definition) is 1. The molecule has 0 unspecified atom stereocenters. The molecular formula is C15H21N5O2S. The quantitative estimate of drug-likeness (QED) is 0.837. The van der Waals surface area contributed by atoms with E-state index in [4.69, 9.17) is 0 Å². The maximum absolute atomic E-state index is 12.3. The largest absolute Gasteiger partial charge is 0.342 e. The molecule has 23 heavy (non-hydrogen) atoms. The predicted molar refractivity (Wildman–Crippen MR) is 88.8 cm³/mol. The Morgan fingerprint density at radius 2 is 2.09 bits per heavy atom. The van der Waals surface area contributed by atoms with E-state index in [2.05, 4.69) is 22.1 Å². The lowest BCUT2D eigenvalue weighted by Crippen LogP contribution is -2.36. The summed E-state index contributed by atoms with van der Waals surface area (Å²) in [5, 5.41) is 8.81. The second-order valence-electron chi connectivity index (χ2n) is 5.75. The summed E-state index contributed by atoms with van der Waals surface area (Å²) in [7, 11) is 0. The highest BCUT2D eigenvalue weighted by molar-refractivity contribution is 7.99. The average molecular weight is 335 g/mol. The van der Waals surface area contributed by atoms with E-state index in [0.717, 1.165) is 44.5 Å². The molecule has 0 aromatic carbocycles. The summed E-state index contributed by atoms with van der Waals surface area (Å²) < 4.78 is 1.85. The van der Waals surface area contributed by atoms with Crippen LogP contribution < -0.4 is 5.56 Å². The third-order valence-corrected chi connectivity index (χ3v) is 4.91. The molecule has 2 aromatic rings. The van der Waals surface area contributed by atoms with Crippen LogP contribution in [0.5, 0.6) is 0 Å². The van der Waals surface area contributed by atoms with Crippen molar-refractivity contribution in [1.29, 1.82) is 0 Å². The second-order valence-corrected chi connectivity index (χ2v) is 6.69. The first-order valence-corrected chi connectivity index (χ1v) is 9.05. The summed E-state index contributed by atoms with van der Waals surface area (Å²) in [5.41, 5.74) is 0.707. The fourth-order valence-electron chi connectivity index (χ4n) is 2.87. The standard InChI is InChI=1S/C15H21N5O2S/c1-2-6-11-9-12(21)16-14-17-18-15(20(11)14)23-10-13(22)19-7-4-3-5-8-19/h9H,2-8,10H2,1H3,(H,16,17,21). The van der Waals surface area contributed by atoms with E-state index in [-0.39, 0.29) is 11.5 Å². The van der Waals surface area contributed by atoms with Crippen molar-refractivity contribution in [2.24, 2.45) is 0 Å². The highest BCUT2D eigenvalue weighted by atomic mass is 32.2. The minimum absolute atomic E-state index is 0.146. The highest BCUT2D eigenvalue weighted by Gasteiger charge is 2.18. The molecule has 1 saturated heterocycles. The lowest BCUT2D eigenvalue weighted by Gasteiger charge is -2.26. The normalized spacial score (nSPS) is 15.3. The van der Waals surface area contributed by atoms with Gasteiger partial charge >= 0.3 is 0 Å². The van der Waals surface area contributed by atoms with Crippen LogP contribution in [-0.2, 0) is 11.2 Å². The number of aromatic nitrogens is 4. The molecule has 1 fully saturated rings. The van der Waals surface area contributed by atoms with Crippen LogP contribution in [0, 0.1) is 0 Å². The lowest BCUT2D eigenvalue weighted by molar-refractivity contribution is -0.129. The number of rotatable bonds is 5. The average Bonchev–Trinajstić information content (AvgIpc) is 2.96. The van der Waals surface area contributed by atoms with E-state index in [0.29, 0.717) is 16.7 Å². The molecule has 1 aliphatic heterocycles. The van der Waals surface area contributed by atoms with E-state index in [9.17, 15) is 9.59 Å². The van der Waals surface area contributed by atoms with Gasteiger partial charge in [0.05, 0.1) is 5.75 Å². The number of carbonyl (C=O) groups excluding carboxylic acids is 1. The number of amides is 1. The van der Waals surface area contributed by atoms with Gasteiger partial charge in [-0.3, -0.25) is 19.0 Å². The van der Waals surface area contributed by atoms with Crippen LogP contribution in [0.2, 0.25) is 0 Å². The van der Waals surface area contributed by atoms with Gasteiger partial charge in [-0.2, -0.15) is 0 Å². The molecular weight excluding hydrogens is 314 g/mol. The van der Waals surface area contributed by atoms with Crippen LogP contribution in [0.25, 0.3) is 5.78 Å². The molecule has 1 amide bonds. The fourth-order valence-corrected chi connectivity index (χ4v) is 3.73. The molecule has 3 heterocycles. The number of carbonyl (C=O) groups is 1. The molecule has 124 valence electrons. The first-order chi connectivity index (χ1) is 11.2. The Labute approximate surface area is 138 Å². The molecule has 0 radical (unpaired) electrons. The van der Waals surface area contributed by atoms with Crippen molar-refractivity contribution in [2.45, 2.75) is 44.2 Å². The number of H-pyrrole nitrogens is 1. The highest BCUT2D eigenvalue weighted by Crippen LogP contribution is 2.19. The van der Waals surface area contributed by atoms with E-state index >= 15 is 0 Å². The van der Waals surface area contributed by atoms with Gasteiger partial charge in [0.15, 0.2) is 5.16 Å². The third kappa shape index (κ3) is 3.57. The topological polar surface area (TPSA) is 83.4 Å². The van der Waals surface area contributed by atoms with Gasteiger partial charge in [0, 0.05) is 24.8 Å². The summed E-state index contributed by atoms with van der Waals surface area (Å²) in [4.78, 5) is 28.6. The molecule has 2 aromatic heterocycles. The van der Waals surface area contributed by atoms with E-state index in [1.807, 2.05) is 9.30 Å². The van der Waals surface area contributed by atoms with Crippen LogP contribution in [0.4, 0.5) is 0 Å². The van der Waals surface area contributed by atoms with Crippen LogP contribution in [0.3, 0.4) is 0 Å². The lowest BCUT2D eigenvalue weighted by atomic mass is 10.1. The number of fused-ring (bicyclic) bond motifs is 1. The molecule has 8 heteroatoms. The van der Waals surface area contributed by atoms with Gasteiger partial charge in [0.2, 0.25) is 11.7 Å². The maximum atomic E-state index is 12.3.